The number of rotatable bonds is 11. The minimum Gasteiger partial charge on any atom is -0.497 e. The first kappa shape index (κ1) is 22.4. The third-order valence-electron chi connectivity index (χ3n) is 4.02. The summed E-state index contributed by atoms with van der Waals surface area (Å²) >= 11 is 0. The Morgan fingerprint density at radius 3 is 2.52 bits per heavy atom. The molecule has 0 spiro atoms. The van der Waals surface area contributed by atoms with Crippen LogP contribution in [0.2, 0.25) is 0 Å². The molecule has 0 radical (unpaired) electrons. The van der Waals surface area contributed by atoms with Gasteiger partial charge in [0.2, 0.25) is 0 Å². The summed E-state index contributed by atoms with van der Waals surface area (Å²) in [5, 5.41) is 6.54. The van der Waals surface area contributed by atoms with E-state index in [0.29, 0.717) is 25.7 Å². The molecule has 0 fully saturated rings. The number of hydrogen-bond acceptors (Lipinski definition) is 5. The lowest BCUT2D eigenvalue weighted by molar-refractivity contribution is 0.172. The highest BCUT2D eigenvalue weighted by Gasteiger charge is 2.07. The lowest BCUT2D eigenvalue weighted by Crippen LogP contribution is -2.37. The topological polar surface area (TPSA) is 73.3 Å². The summed E-state index contributed by atoms with van der Waals surface area (Å²) in [6.45, 7) is 3.88. The van der Waals surface area contributed by atoms with Crippen LogP contribution in [0.4, 0.5) is 5.69 Å². The fraction of sp³-hybridized carbons (Fsp3) is 0.409. The van der Waals surface area contributed by atoms with Gasteiger partial charge in [-0.3, -0.25) is 4.99 Å². The summed E-state index contributed by atoms with van der Waals surface area (Å²) in [6, 6.07) is 15.3. The maximum Gasteiger partial charge on any atom is 0.195 e. The van der Waals surface area contributed by atoms with Crippen LogP contribution in [-0.4, -0.2) is 53.1 Å². The second-order valence-corrected chi connectivity index (χ2v) is 6.41. The van der Waals surface area contributed by atoms with E-state index in [4.69, 9.17) is 18.9 Å². The first-order chi connectivity index (χ1) is 14.1. The van der Waals surface area contributed by atoms with Crippen LogP contribution in [0.15, 0.2) is 53.5 Å². The Hall–Kier alpha value is -2.93. The van der Waals surface area contributed by atoms with E-state index in [1.165, 1.54) is 0 Å². The van der Waals surface area contributed by atoms with E-state index in [1.807, 2.05) is 55.5 Å². The number of anilines is 1. The predicted octanol–water partition coefficient (Wildman–Crippen LogP) is 3.57. The monoisotopic (exact) mass is 401 g/mol. The number of nitrogens with zero attached hydrogens (tertiary/aromatic N) is 1. The molecule has 1 atom stereocenters. The highest BCUT2D eigenvalue weighted by Crippen LogP contribution is 2.20. The summed E-state index contributed by atoms with van der Waals surface area (Å²) in [4.78, 5) is 4.27. The van der Waals surface area contributed by atoms with Crippen LogP contribution in [0.1, 0.15) is 13.3 Å². The minimum absolute atomic E-state index is 0.0592. The molecule has 29 heavy (non-hydrogen) atoms. The van der Waals surface area contributed by atoms with E-state index in [-0.39, 0.29) is 6.10 Å². The van der Waals surface area contributed by atoms with Crippen molar-refractivity contribution in [2.24, 2.45) is 4.99 Å². The number of guanidine groups is 1. The average molecular weight is 402 g/mol. The van der Waals surface area contributed by atoms with E-state index < -0.39 is 0 Å². The van der Waals surface area contributed by atoms with Gasteiger partial charge in [0.25, 0.3) is 0 Å². The highest BCUT2D eigenvalue weighted by molar-refractivity contribution is 5.93. The highest BCUT2D eigenvalue weighted by atomic mass is 16.5. The SMILES string of the molecule is CN=C(NCC(C)Oc1cccc(OC)c1)Nc1cccc(OCCCOC)c1. The van der Waals surface area contributed by atoms with Gasteiger partial charge in [0, 0.05) is 45.0 Å². The molecule has 0 aliphatic carbocycles. The fourth-order valence-electron chi connectivity index (χ4n) is 2.56. The van der Waals surface area contributed by atoms with Gasteiger partial charge in [-0.1, -0.05) is 12.1 Å². The second kappa shape index (κ2) is 12.5. The molecule has 0 aromatic heterocycles. The second-order valence-electron chi connectivity index (χ2n) is 6.41. The molecule has 2 rings (SSSR count). The third kappa shape index (κ3) is 8.31. The first-order valence-corrected chi connectivity index (χ1v) is 9.64. The third-order valence-corrected chi connectivity index (χ3v) is 4.02. The van der Waals surface area contributed by atoms with Gasteiger partial charge in [0.1, 0.15) is 23.4 Å². The molecule has 0 aliphatic rings. The van der Waals surface area contributed by atoms with Gasteiger partial charge in [-0.25, -0.2) is 0 Å². The number of ether oxygens (including phenoxy) is 4. The van der Waals surface area contributed by atoms with E-state index in [9.17, 15) is 0 Å². The zero-order valence-corrected chi connectivity index (χ0v) is 17.6. The van der Waals surface area contributed by atoms with Crippen molar-refractivity contribution in [2.45, 2.75) is 19.4 Å². The molecule has 0 heterocycles. The first-order valence-electron chi connectivity index (χ1n) is 9.64. The zero-order chi connectivity index (χ0) is 20.9. The maximum atomic E-state index is 5.93. The number of hydrogen-bond donors (Lipinski definition) is 2. The number of benzene rings is 2. The Morgan fingerprint density at radius 1 is 1.00 bits per heavy atom. The van der Waals surface area contributed by atoms with Crippen molar-refractivity contribution >= 4 is 11.6 Å². The molecule has 7 nitrogen and oxygen atoms in total. The molecule has 1 unspecified atom stereocenters. The molecular formula is C22H31N3O4. The molecule has 2 aromatic rings. The van der Waals surface area contributed by atoms with E-state index in [0.717, 1.165) is 29.4 Å². The number of methoxy groups -OCH3 is 2. The van der Waals surface area contributed by atoms with E-state index in [2.05, 4.69) is 15.6 Å². The summed E-state index contributed by atoms with van der Waals surface area (Å²) < 4.78 is 21.9. The van der Waals surface area contributed by atoms with Crippen LogP contribution in [0.3, 0.4) is 0 Å². The molecule has 0 bridgehead atoms. The van der Waals surface area contributed by atoms with Crippen molar-refractivity contribution in [3.05, 3.63) is 48.5 Å². The predicted molar refractivity (Wildman–Crippen MR) is 116 cm³/mol. The Morgan fingerprint density at radius 2 is 1.76 bits per heavy atom. The number of aliphatic imine (C=N–C) groups is 1. The van der Waals surface area contributed by atoms with Crippen LogP contribution in [0.25, 0.3) is 0 Å². The van der Waals surface area contributed by atoms with Crippen LogP contribution >= 0.6 is 0 Å². The normalized spacial score (nSPS) is 12.2. The summed E-state index contributed by atoms with van der Waals surface area (Å²) in [6.07, 6.45) is 0.791. The van der Waals surface area contributed by atoms with E-state index >= 15 is 0 Å². The molecule has 0 aliphatic heterocycles. The Kier molecular flexibility index (Phi) is 9.65. The molecule has 0 amide bonds. The maximum absolute atomic E-state index is 5.93. The van der Waals surface area contributed by atoms with Crippen LogP contribution in [0.5, 0.6) is 17.2 Å². The molecule has 158 valence electrons. The van der Waals surface area contributed by atoms with Crippen molar-refractivity contribution in [3.8, 4) is 17.2 Å². The van der Waals surface area contributed by atoms with Crippen LogP contribution < -0.4 is 24.8 Å². The Labute approximate surface area is 173 Å². The molecule has 2 aromatic carbocycles. The zero-order valence-electron chi connectivity index (χ0n) is 17.6. The van der Waals surface area contributed by atoms with Gasteiger partial charge in [0.15, 0.2) is 5.96 Å². The van der Waals surface area contributed by atoms with Gasteiger partial charge in [-0.15, -0.1) is 0 Å². The van der Waals surface area contributed by atoms with Gasteiger partial charge in [-0.2, -0.15) is 0 Å². The molecular weight excluding hydrogens is 370 g/mol. The standard InChI is InChI=1S/C22H31N3O4/c1-17(29-21-11-6-9-19(15-21)27-4)16-24-22(23-2)25-18-8-5-10-20(14-18)28-13-7-12-26-3/h5-6,8-11,14-15,17H,7,12-13,16H2,1-4H3,(H2,23,24,25). The van der Waals surface area contributed by atoms with Crippen LogP contribution in [-0.2, 0) is 4.74 Å². The van der Waals surface area contributed by atoms with Crippen molar-refractivity contribution in [3.63, 3.8) is 0 Å². The summed E-state index contributed by atoms with van der Waals surface area (Å²) in [5.74, 6) is 2.99. The minimum atomic E-state index is -0.0592. The van der Waals surface area contributed by atoms with Crippen molar-refractivity contribution in [1.82, 2.24) is 5.32 Å². The van der Waals surface area contributed by atoms with Crippen molar-refractivity contribution < 1.29 is 18.9 Å². The smallest absolute Gasteiger partial charge is 0.195 e. The quantitative estimate of drug-likeness (QED) is 0.341. The van der Waals surface area contributed by atoms with Gasteiger partial charge in [0.05, 0.1) is 20.3 Å². The summed E-state index contributed by atoms with van der Waals surface area (Å²) in [5.41, 5.74) is 0.892. The summed E-state index contributed by atoms with van der Waals surface area (Å²) in [7, 11) is 5.05. The molecule has 7 heteroatoms. The Bertz CT molecular complexity index is 767. The molecule has 2 N–H and O–H groups in total. The van der Waals surface area contributed by atoms with Crippen LogP contribution in [0, 0.1) is 0 Å². The van der Waals surface area contributed by atoms with Crippen molar-refractivity contribution in [1.29, 1.82) is 0 Å². The van der Waals surface area contributed by atoms with Gasteiger partial charge < -0.3 is 29.6 Å². The molecule has 0 saturated heterocycles. The number of nitrogens with one attached hydrogen (secondary N) is 2. The van der Waals surface area contributed by atoms with Gasteiger partial charge in [-0.05, 0) is 31.2 Å². The lowest BCUT2D eigenvalue weighted by atomic mass is 10.3. The molecule has 0 saturated carbocycles. The van der Waals surface area contributed by atoms with Gasteiger partial charge >= 0.3 is 0 Å². The van der Waals surface area contributed by atoms with E-state index in [1.54, 1.807) is 21.3 Å². The Balaban J connectivity index is 1.82. The van der Waals surface area contributed by atoms with Crippen molar-refractivity contribution in [2.75, 3.05) is 46.3 Å². The average Bonchev–Trinajstić information content (AvgIpc) is 2.74. The lowest BCUT2D eigenvalue weighted by Gasteiger charge is -2.18. The fourth-order valence-corrected chi connectivity index (χ4v) is 2.56. The largest absolute Gasteiger partial charge is 0.497 e.